The maximum atomic E-state index is 13.0. The summed E-state index contributed by atoms with van der Waals surface area (Å²) < 4.78 is 17.7. The Labute approximate surface area is 79.9 Å². The monoisotopic (exact) mass is 204 g/mol. The molecule has 1 rings (SSSR count). The number of benzene rings is 1. The van der Waals surface area contributed by atoms with Crippen LogP contribution in [-0.2, 0) is 0 Å². The van der Waals surface area contributed by atoms with Crippen molar-refractivity contribution in [1.82, 2.24) is 0 Å². The van der Waals surface area contributed by atoms with Gasteiger partial charge in [0.1, 0.15) is 0 Å². The zero-order valence-corrected chi connectivity index (χ0v) is 7.55. The molecule has 0 radical (unpaired) electrons. The Morgan fingerprint density at radius 2 is 2.08 bits per heavy atom. The lowest BCUT2D eigenvalue weighted by Crippen LogP contribution is -2.30. The van der Waals surface area contributed by atoms with E-state index in [4.69, 9.17) is 21.6 Å². The standard InChI is InChI=1S/C7H7BClFO3/c1-13-7-5(9)2-4(8(11)12)3-6(7)10/h2-3,11-12H,1H3. The first-order chi connectivity index (χ1) is 6.06. The van der Waals surface area contributed by atoms with Gasteiger partial charge in [-0.25, -0.2) is 4.39 Å². The van der Waals surface area contributed by atoms with Crippen LogP contribution in [0.4, 0.5) is 4.39 Å². The minimum absolute atomic E-state index is 0.00519. The van der Waals surface area contributed by atoms with Gasteiger partial charge in [-0.1, -0.05) is 11.6 Å². The van der Waals surface area contributed by atoms with Gasteiger partial charge in [0.05, 0.1) is 12.1 Å². The van der Waals surface area contributed by atoms with Gasteiger partial charge < -0.3 is 14.8 Å². The van der Waals surface area contributed by atoms with Crippen molar-refractivity contribution < 1.29 is 19.2 Å². The lowest BCUT2D eigenvalue weighted by molar-refractivity contribution is 0.386. The number of rotatable bonds is 2. The molecule has 0 fully saturated rings. The van der Waals surface area contributed by atoms with Gasteiger partial charge in [-0.15, -0.1) is 0 Å². The lowest BCUT2D eigenvalue weighted by Gasteiger charge is -2.06. The van der Waals surface area contributed by atoms with E-state index in [1.54, 1.807) is 0 Å². The van der Waals surface area contributed by atoms with Crippen molar-refractivity contribution in [2.24, 2.45) is 0 Å². The van der Waals surface area contributed by atoms with Crippen LogP contribution >= 0.6 is 11.6 Å². The van der Waals surface area contributed by atoms with Gasteiger partial charge in [-0.05, 0) is 17.6 Å². The number of halogens is 2. The quantitative estimate of drug-likeness (QED) is 0.675. The van der Waals surface area contributed by atoms with Crippen molar-refractivity contribution in [3.8, 4) is 5.75 Å². The van der Waals surface area contributed by atoms with Gasteiger partial charge in [-0.2, -0.15) is 0 Å². The Hall–Kier alpha value is -0.775. The van der Waals surface area contributed by atoms with Crippen molar-refractivity contribution >= 4 is 24.2 Å². The maximum Gasteiger partial charge on any atom is 0.488 e. The van der Waals surface area contributed by atoms with E-state index in [2.05, 4.69) is 4.74 Å². The molecule has 0 heterocycles. The topological polar surface area (TPSA) is 49.7 Å². The SMILES string of the molecule is COc1c(F)cc(B(O)O)cc1Cl. The average molecular weight is 204 g/mol. The third-order valence-corrected chi connectivity index (χ3v) is 1.80. The Bertz CT molecular complexity index is 296. The predicted octanol–water partition coefficient (Wildman–Crippen LogP) is 0.167. The van der Waals surface area contributed by atoms with Crippen LogP contribution in [0.1, 0.15) is 0 Å². The van der Waals surface area contributed by atoms with E-state index in [0.717, 1.165) is 6.07 Å². The molecule has 0 bridgehead atoms. The molecule has 13 heavy (non-hydrogen) atoms. The number of hydrogen-bond acceptors (Lipinski definition) is 3. The fourth-order valence-electron chi connectivity index (χ4n) is 0.924. The van der Waals surface area contributed by atoms with E-state index in [1.807, 2.05) is 0 Å². The largest absolute Gasteiger partial charge is 0.492 e. The lowest BCUT2D eigenvalue weighted by atomic mass is 9.80. The first-order valence-corrected chi connectivity index (χ1v) is 3.83. The highest BCUT2D eigenvalue weighted by Crippen LogP contribution is 2.25. The van der Waals surface area contributed by atoms with Crippen LogP contribution < -0.4 is 10.2 Å². The van der Waals surface area contributed by atoms with E-state index in [0.29, 0.717) is 0 Å². The molecule has 0 aliphatic carbocycles. The molecule has 0 aliphatic rings. The van der Waals surface area contributed by atoms with Crippen molar-refractivity contribution in [3.05, 3.63) is 23.0 Å². The highest BCUT2D eigenvalue weighted by atomic mass is 35.5. The summed E-state index contributed by atoms with van der Waals surface area (Å²) >= 11 is 5.59. The maximum absolute atomic E-state index is 13.0. The molecule has 2 N–H and O–H groups in total. The Morgan fingerprint density at radius 1 is 1.46 bits per heavy atom. The van der Waals surface area contributed by atoms with Crippen LogP contribution in [0, 0.1) is 5.82 Å². The van der Waals surface area contributed by atoms with Crippen LogP contribution in [0.2, 0.25) is 5.02 Å². The first-order valence-electron chi connectivity index (χ1n) is 3.45. The summed E-state index contributed by atoms with van der Waals surface area (Å²) in [6.07, 6.45) is 0. The zero-order valence-electron chi connectivity index (χ0n) is 6.79. The summed E-state index contributed by atoms with van der Waals surface area (Å²) in [4.78, 5) is 0. The van der Waals surface area contributed by atoms with Gasteiger partial charge in [0.2, 0.25) is 0 Å². The molecule has 1 aromatic carbocycles. The normalized spacial score (nSPS) is 9.92. The van der Waals surface area contributed by atoms with Crippen molar-refractivity contribution in [1.29, 1.82) is 0 Å². The van der Waals surface area contributed by atoms with Crippen molar-refractivity contribution in [3.63, 3.8) is 0 Å². The van der Waals surface area contributed by atoms with E-state index in [1.165, 1.54) is 13.2 Å². The molecule has 0 aliphatic heterocycles. The molecule has 0 atom stereocenters. The summed E-state index contributed by atoms with van der Waals surface area (Å²) in [5.74, 6) is -0.829. The number of hydrogen-bond donors (Lipinski definition) is 2. The molecular formula is C7H7BClFO3. The zero-order chi connectivity index (χ0) is 10.0. The van der Waals surface area contributed by atoms with E-state index >= 15 is 0 Å². The van der Waals surface area contributed by atoms with Crippen LogP contribution in [0.25, 0.3) is 0 Å². The molecule has 0 saturated heterocycles. The third kappa shape index (κ3) is 2.12. The Kier molecular flexibility index (Phi) is 3.14. The molecule has 0 spiro atoms. The molecule has 3 nitrogen and oxygen atoms in total. The second-order valence-corrected chi connectivity index (χ2v) is 2.80. The minimum Gasteiger partial charge on any atom is -0.492 e. The first kappa shape index (κ1) is 10.3. The van der Waals surface area contributed by atoms with Crippen LogP contribution in [0.5, 0.6) is 5.75 Å². The van der Waals surface area contributed by atoms with Crippen molar-refractivity contribution in [2.75, 3.05) is 7.11 Å². The highest BCUT2D eigenvalue weighted by molar-refractivity contribution is 6.59. The van der Waals surface area contributed by atoms with Gasteiger partial charge in [0.15, 0.2) is 11.6 Å². The fourth-order valence-corrected chi connectivity index (χ4v) is 1.22. The smallest absolute Gasteiger partial charge is 0.488 e. The van der Waals surface area contributed by atoms with Gasteiger partial charge in [-0.3, -0.25) is 0 Å². The highest BCUT2D eigenvalue weighted by Gasteiger charge is 2.17. The average Bonchev–Trinajstić information content (AvgIpc) is 2.03. The summed E-state index contributed by atoms with van der Waals surface area (Å²) in [6.45, 7) is 0. The molecule has 6 heteroatoms. The summed E-state index contributed by atoms with van der Waals surface area (Å²) in [5.41, 5.74) is -0.0108. The third-order valence-electron chi connectivity index (χ3n) is 1.52. The van der Waals surface area contributed by atoms with E-state index < -0.39 is 12.9 Å². The fraction of sp³-hybridized carbons (Fsp3) is 0.143. The molecule has 1 aromatic rings. The summed E-state index contributed by atoms with van der Waals surface area (Å²) in [7, 11) is -0.461. The number of ether oxygens (including phenoxy) is 1. The molecule has 0 unspecified atom stereocenters. The minimum atomic E-state index is -1.74. The predicted molar refractivity (Wildman–Crippen MR) is 47.8 cm³/mol. The molecule has 70 valence electrons. The Balaban J connectivity index is 3.20. The second-order valence-electron chi connectivity index (χ2n) is 2.39. The molecule has 0 amide bonds. The number of methoxy groups -OCH3 is 1. The van der Waals surface area contributed by atoms with Crippen LogP contribution in [-0.4, -0.2) is 24.3 Å². The van der Waals surface area contributed by atoms with Crippen LogP contribution in [0.3, 0.4) is 0 Å². The van der Waals surface area contributed by atoms with Gasteiger partial charge in [0, 0.05) is 0 Å². The van der Waals surface area contributed by atoms with Crippen molar-refractivity contribution in [2.45, 2.75) is 0 Å². The van der Waals surface area contributed by atoms with Gasteiger partial charge in [0.25, 0.3) is 0 Å². The molecular weight excluding hydrogens is 197 g/mol. The Morgan fingerprint density at radius 3 is 2.46 bits per heavy atom. The summed E-state index contributed by atoms with van der Waals surface area (Å²) in [6, 6.07) is 2.18. The molecule has 0 aromatic heterocycles. The molecule has 0 saturated carbocycles. The second kappa shape index (κ2) is 3.96. The van der Waals surface area contributed by atoms with E-state index in [-0.39, 0.29) is 16.2 Å². The summed E-state index contributed by atoms with van der Waals surface area (Å²) in [5, 5.41) is 17.5. The van der Waals surface area contributed by atoms with Gasteiger partial charge >= 0.3 is 7.12 Å². The van der Waals surface area contributed by atoms with Crippen LogP contribution in [0.15, 0.2) is 12.1 Å². The van der Waals surface area contributed by atoms with E-state index in [9.17, 15) is 4.39 Å².